The lowest BCUT2D eigenvalue weighted by Crippen LogP contribution is -2.22. The van der Waals surface area contributed by atoms with Gasteiger partial charge in [-0.15, -0.1) is 11.3 Å². The molecular formula is C19H18N2OS. The van der Waals surface area contributed by atoms with Crippen LogP contribution in [0.5, 0.6) is 0 Å². The summed E-state index contributed by atoms with van der Waals surface area (Å²) in [5, 5.41) is 3.87. The highest BCUT2D eigenvalue weighted by Gasteiger charge is 2.16. The second-order valence-electron chi connectivity index (χ2n) is 5.41. The lowest BCUT2D eigenvalue weighted by Gasteiger charge is -2.07. The van der Waals surface area contributed by atoms with Crippen molar-refractivity contribution in [2.75, 3.05) is 0 Å². The second-order valence-corrected chi connectivity index (χ2v) is 6.41. The topological polar surface area (TPSA) is 42.0 Å². The summed E-state index contributed by atoms with van der Waals surface area (Å²) in [6.45, 7) is 4.46. The van der Waals surface area contributed by atoms with E-state index in [9.17, 15) is 4.79 Å². The Morgan fingerprint density at radius 2 is 1.74 bits per heavy atom. The van der Waals surface area contributed by atoms with Crippen LogP contribution >= 0.6 is 11.3 Å². The highest BCUT2D eigenvalue weighted by molar-refractivity contribution is 7.17. The summed E-state index contributed by atoms with van der Waals surface area (Å²) in [5.41, 5.74) is 4.12. The molecule has 1 N–H and O–H groups in total. The fraction of sp³-hybridized carbons (Fsp3) is 0.158. The van der Waals surface area contributed by atoms with Crippen molar-refractivity contribution in [3.8, 4) is 10.6 Å². The fourth-order valence-corrected chi connectivity index (χ4v) is 3.36. The number of amides is 1. The number of carbonyl (C=O) groups excluding carboxylic acids is 1. The number of carbonyl (C=O) groups is 1. The molecule has 1 aromatic heterocycles. The zero-order chi connectivity index (χ0) is 16.2. The molecule has 0 radical (unpaired) electrons. The molecule has 0 saturated carbocycles. The van der Waals surface area contributed by atoms with Crippen molar-refractivity contribution < 1.29 is 4.79 Å². The van der Waals surface area contributed by atoms with Crippen LogP contribution in [0.1, 0.15) is 26.5 Å². The Morgan fingerprint density at radius 3 is 2.48 bits per heavy atom. The van der Waals surface area contributed by atoms with E-state index in [2.05, 4.69) is 10.3 Å². The van der Waals surface area contributed by atoms with Crippen LogP contribution < -0.4 is 5.32 Å². The molecule has 3 nitrogen and oxygen atoms in total. The number of aryl methyl sites for hydroxylation is 2. The van der Waals surface area contributed by atoms with E-state index in [1.807, 2.05) is 68.4 Å². The summed E-state index contributed by atoms with van der Waals surface area (Å²) < 4.78 is 0. The van der Waals surface area contributed by atoms with Gasteiger partial charge in [0.15, 0.2) is 0 Å². The van der Waals surface area contributed by atoms with Crippen LogP contribution in [-0.2, 0) is 6.54 Å². The highest BCUT2D eigenvalue weighted by Crippen LogP contribution is 2.27. The first-order valence-electron chi connectivity index (χ1n) is 7.50. The fourth-order valence-electron chi connectivity index (χ4n) is 2.38. The number of aromatic nitrogens is 1. The Morgan fingerprint density at radius 1 is 1.04 bits per heavy atom. The minimum absolute atomic E-state index is 0.0644. The lowest BCUT2D eigenvalue weighted by molar-refractivity contribution is 0.0954. The van der Waals surface area contributed by atoms with E-state index in [1.165, 1.54) is 16.9 Å². The zero-order valence-electron chi connectivity index (χ0n) is 13.2. The van der Waals surface area contributed by atoms with Gasteiger partial charge in [0.05, 0.1) is 5.69 Å². The molecule has 1 amide bonds. The molecule has 2 aromatic carbocycles. The normalized spacial score (nSPS) is 10.5. The van der Waals surface area contributed by atoms with Crippen LogP contribution in [0.15, 0.2) is 54.6 Å². The SMILES string of the molecule is Cc1ccccc1CNC(=O)c1sc(-c2ccccc2)nc1C. The van der Waals surface area contributed by atoms with Crippen molar-refractivity contribution >= 4 is 17.2 Å². The van der Waals surface area contributed by atoms with Gasteiger partial charge in [0.25, 0.3) is 5.91 Å². The van der Waals surface area contributed by atoms with Crippen LogP contribution in [0.25, 0.3) is 10.6 Å². The molecule has 0 unspecified atom stereocenters. The second kappa shape index (κ2) is 6.75. The summed E-state index contributed by atoms with van der Waals surface area (Å²) in [6.07, 6.45) is 0. The standard InChI is InChI=1S/C19H18N2OS/c1-13-8-6-7-11-16(13)12-20-18(22)17-14(2)21-19(23-17)15-9-4-3-5-10-15/h3-11H,12H2,1-2H3,(H,20,22). The molecule has 23 heavy (non-hydrogen) atoms. The number of hydrogen-bond acceptors (Lipinski definition) is 3. The van der Waals surface area contributed by atoms with Crippen LogP contribution in [-0.4, -0.2) is 10.9 Å². The van der Waals surface area contributed by atoms with Gasteiger partial charge in [0.2, 0.25) is 0 Å². The van der Waals surface area contributed by atoms with Gasteiger partial charge in [0.1, 0.15) is 9.88 Å². The largest absolute Gasteiger partial charge is 0.347 e. The molecule has 0 bridgehead atoms. The molecule has 0 fully saturated rings. The van der Waals surface area contributed by atoms with Crippen LogP contribution in [0.3, 0.4) is 0 Å². The maximum absolute atomic E-state index is 12.5. The third-order valence-electron chi connectivity index (χ3n) is 3.72. The molecule has 0 atom stereocenters. The van der Waals surface area contributed by atoms with E-state index in [0.29, 0.717) is 11.4 Å². The van der Waals surface area contributed by atoms with E-state index in [0.717, 1.165) is 21.8 Å². The summed E-state index contributed by atoms with van der Waals surface area (Å²) in [4.78, 5) is 17.7. The molecule has 0 spiro atoms. The van der Waals surface area contributed by atoms with Crippen molar-refractivity contribution in [2.24, 2.45) is 0 Å². The third kappa shape index (κ3) is 3.48. The predicted molar refractivity (Wildman–Crippen MR) is 94.6 cm³/mol. The Labute approximate surface area is 140 Å². The Balaban J connectivity index is 1.75. The minimum atomic E-state index is -0.0644. The maximum atomic E-state index is 12.5. The number of nitrogens with one attached hydrogen (secondary N) is 1. The van der Waals surface area contributed by atoms with E-state index in [-0.39, 0.29) is 5.91 Å². The van der Waals surface area contributed by atoms with Crippen molar-refractivity contribution in [2.45, 2.75) is 20.4 Å². The average Bonchev–Trinajstić information content (AvgIpc) is 2.97. The van der Waals surface area contributed by atoms with Gasteiger partial charge < -0.3 is 5.32 Å². The van der Waals surface area contributed by atoms with Gasteiger partial charge in [0, 0.05) is 12.1 Å². The molecule has 4 heteroatoms. The van der Waals surface area contributed by atoms with Crippen molar-refractivity contribution in [1.29, 1.82) is 0 Å². The molecule has 3 rings (SSSR count). The summed E-state index contributed by atoms with van der Waals surface area (Å²) in [6, 6.07) is 18.0. The first-order valence-corrected chi connectivity index (χ1v) is 8.32. The number of rotatable bonds is 4. The predicted octanol–water partition coefficient (Wildman–Crippen LogP) is 4.36. The van der Waals surface area contributed by atoms with Gasteiger partial charge in [-0.3, -0.25) is 4.79 Å². The van der Waals surface area contributed by atoms with Gasteiger partial charge in [-0.25, -0.2) is 4.98 Å². The molecule has 3 aromatic rings. The van der Waals surface area contributed by atoms with Gasteiger partial charge in [-0.05, 0) is 25.0 Å². The first kappa shape index (κ1) is 15.4. The minimum Gasteiger partial charge on any atom is -0.347 e. The van der Waals surface area contributed by atoms with E-state index < -0.39 is 0 Å². The molecular weight excluding hydrogens is 304 g/mol. The lowest BCUT2D eigenvalue weighted by atomic mass is 10.1. The van der Waals surface area contributed by atoms with Crippen molar-refractivity contribution in [3.63, 3.8) is 0 Å². The Kier molecular flexibility index (Phi) is 4.53. The number of nitrogens with zero attached hydrogens (tertiary/aromatic N) is 1. The highest BCUT2D eigenvalue weighted by atomic mass is 32.1. The van der Waals surface area contributed by atoms with E-state index in [4.69, 9.17) is 0 Å². The van der Waals surface area contributed by atoms with E-state index in [1.54, 1.807) is 0 Å². The zero-order valence-corrected chi connectivity index (χ0v) is 14.0. The Hall–Kier alpha value is -2.46. The first-order chi connectivity index (χ1) is 11.1. The van der Waals surface area contributed by atoms with Crippen molar-refractivity contribution in [3.05, 3.63) is 76.3 Å². The third-order valence-corrected chi connectivity index (χ3v) is 4.93. The van der Waals surface area contributed by atoms with E-state index >= 15 is 0 Å². The summed E-state index contributed by atoms with van der Waals surface area (Å²) in [7, 11) is 0. The summed E-state index contributed by atoms with van der Waals surface area (Å²) >= 11 is 1.44. The maximum Gasteiger partial charge on any atom is 0.263 e. The Bertz CT molecular complexity index is 824. The molecule has 0 aliphatic heterocycles. The van der Waals surface area contributed by atoms with Crippen molar-refractivity contribution in [1.82, 2.24) is 10.3 Å². The summed E-state index contributed by atoms with van der Waals surface area (Å²) in [5.74, 6) is -0.0644. The molecule has 116 valence electrons. The van der Waals surface area contributed by atoms with Crippen LogP contribution in [0.4, 0.5) is 0 Å². The molecule has 0 aliphatic carbocycles. The molecule has 0 saturated heterocycles. The van der Waals surface area contributed by atoms with Gasteiger partial charge in [-0.1, -0.05) is 54.6 Å². The average molecular weight is 322 g/mol. The smallest absolute Gasteiger partial charge is 0.263 e. The molecule has 0 aliphatic rings. The quantitative estimate of drug-likeness (QED) is 0.775. The number of benzene rings is 2. The molecule has 1 heterocycles. The number of hydrogen-bond donors (Lipinski definition) is 1. The number of thiazole rings is 1. The van der Waals surface area contributed by atoms with Crippen LogP contribution in [0.2, 0.25) is 0 Å². The van der Waals surface area contributed by atoms with Crippen LogP contribution in [0, 0.1) is 13.8 Å². The monoisotopic (exact) mass is 322 g/mol. The van der Waals surface area contributed by atoms with Gasteiger partial charge >= 0.3 is 0 Å². The van der Waals surface area contributed by atoms with Gasteiger partial charge in [-0.2, -0.15) is 0 Å².